The van der Waals surface area contributed by atoms with E-state index in [1.54, 1.807) is 12.1 Å². The van der Waals surface area contributed by atoms with Crippen LogP contribution in [0.4, 0.5) is 10.5 Å². The predicted molar refractivity (Wildman–Crippen MR) is 88.0 cm³/mol. The number of likely N-dealkylation sites (tertiary alicyclic amines) is 1. The molecule has 1 aromatic rings. The number of halogens is 1. The number of carbonyl (C=O) groups excluding carboxylic acids is 1. The summed E-state index contributed by atoms with van der Waals surface area (Å²) in [6.07, 6.45) is 3.81. The zero-order chi connectivity index (χ0) is 15.2. The monoisotopic (exact) mass is 309 g/mol. The Morgan fingerprint density at radius 1 is 1.43 bits per heavy atom. The Morgan fingerprint density at radius 2 is 2.19 bits per heavy atom. The van der Waals surface area contributed by atoms with E-state index in [0.717, 1.165) is 6.54 Å². The van der Waals surface area contributed by atoms with Gasteiger partial charge in [0, 0.05) is 18.6 Å². The molecule has 2 atom stereocenters. The molecule has 0 aliphatic carbocycles. The van der Waals surface area contributed by atoms with Crippen molar-refractivity contribution in [1.29, 1.82) is 0 Å². The van der Waals surface area contributed by atoms with Crippen LogP contribution in [0.25, 0.3) is 0 Å². The second-order valence-corrected chi connectivity index (χ2v) is 6.15. The fourth-order valence-electron chi connectivity index (χ4n) is 2.86. The van der Waals surface area contributed by atoms with Gasteiger partial charge in [-0.1, -0.05) is 30.2 Å². The lowest BCUT2D eigenvalue weighted by molar-refractivity contribution is 0.114. The van der Waals surface area contributed by atoms with E-state index in [1.807, 2.05) is 12.1 Å². The number of benzene rings is 1. The number of rotatable bonds is 4. The van der Waals surface area contributed by atoms with E-state index in [0.29, 0.717) is 29.3 Å². The third-order valence-corrected chi connectivity index (χ3v) is 4.43. The molecule has 0 spiro atoms. The molecule has 1 fully saturated rings. The molecule has 4 nitrogen and oxygen atoms in total. The van der Waals surface area contributed by atoms with Gasteiger partial charge in [0.1, 0.15) is 0 Å². The van der Waals surface area contributed by atoms with Gasteiger partial charge in [0.2, 0.25) is 0 Å². The second kappa shape index (κ2) is 7.66. The third kappa shape index (κ3) is 4.61. The van der Waals surface area contributed by atoms with E-state index >= 15 is 0 Å². The van der Waals surface area contributed by atoms with Gasteiger partial charge in [0.25, 0.3) is 0 Å². The Bertz CT molecular complexity index is 480. The van der Waals surface area contributed by atoms with E-state index in [1.165, 1.54) is 19.3 Å². The number of piperidine rings is 1. The zero-order valence-corrected chi connectivity index (χ0v) is 13.5. The smallest absolute Gasteiger partial charge is 0.319 e. The zero-order valence-electron chi connectivity index (χ0n) is 12.7. The van der Waals surface area contributed by atoms with Gasteiger partial charge in [0.15, 0.2) is 0 Å². The normalized spacial score (nSPS) is 20.8. The Balaban J connectivity index is 1.79. The molecule has 0 bridgehead atoms. The van der Waals surface area contributed by atoms with Crippen LogP contribution in [0, 0.1) is 0 Å². The Hall–Kier alpha value is -1.26. The number of hydrogen-bond donors (Lipinski definition) is 2. The van der Waals surface area contributed by atoms with Crippen molar-refractivity contribution in [3.63, 3.8) is 0 Å². The minimum absolute atomic E-state index is 0.209. The number of nitrogens with zero attached hydrogens (tertiary/aromatic N) is 1. The summed E-state index contributed by atoms with van der Waals surface area (Å²) < 4.78 is 0. The molecule has 5 heteroatoms. The summed E-state index contributed by atoms with van der Waals surface area (Å²) in [5.41, 5.74) is 0.635. The van der Waals surface area contributed by atoms with Crippen molar-refractivity contribution in [2.45, 2.75) is 45.2 Å². The summed E-state index contributed by atoms with van der Waals surface area (Å²) in [5.74, 6) is 0. The molecule has 21 heavy (non-hydrogen) atoms. The number of carbonyl (C=O) groups is 1. The molecule has 0 unspecified atom stereocenters. The summed E-state index contributed by atoms with van der Waals surface area (Å²) in [5, 5.41) is 6.25. The number of nitrogens with one attached hydrogen (secondary N) is 2. The van der Waals surface area contributed by atoms with Crippen molar-refractivity contribution in [3.05, 3.63) is 29.3 Å². The SMILES string of the molecule is C[C@@H]1CCCCN1[C@H](C)CNC(=O)Nc1ccccc1Cl. The van der Waals surface area contributed by atoms with Gasteiger partial charge in [-0.2, -0.15) is 0 Å². The highest BCUT2D eigenvalue weighted by molar-refractivity contribution is 6.33. The molecule has 0 saturated carbocycles. The largest absolute Gasteiger partial charge is 0.336 e. The predicted octanol–water partition coefficient (Wildman–Crippen LogP) is 3.72. The fraction of sp³-hybridized carbons (Fsp3) is 0.562. The van der Waals surface area contributed by atoms with Crippen LogP contribution in [-0.2, 0) is 0 Å². The summed E-state index contributed by atoms with van der Waals surface area (Å²) in [7, 11) is 0. The van der Waals surface area contributed by atoms with Crippen LogP contribution in [0.1, 0.15) is 33.1 Å². The van der Waals surface area contributed by atoms with Crippen LogP contribution < -0.4 is 10.6 Å². The highest BCUT2D eigenvalue weighted by Gasteiger charge is 2.23. The highest BCUT2D eigenvalue weighted by atomic mass is 35.5. The quantitative estimate of drug-likeness (QED) is 0.890. The van der Waals surface area contributed by atoms with Gasteiger partial charge in [-0.05, 0) is 45.4 Å². The summed E-state index contributed by atoms with van der Waals surface area (Å²) >= 11 is 6.02. The van der Waals surface area contributed by atoms with Crippen molar-refractivity contribution in [2.24, 2.45) is 0 Å². The van der Waals surface area contributed by atoms with Crippen LogP contribution in [0.15, 0.2) is 24.3 Å². The number of amides is 2. The van der Waals surface area contributed by atoms with Crippen molar-refractivity contribution >= 4 is 23.3 Å². The molecule has 1 aliphatic heterocycles. The fourth-order valence-corrected chi connectivity index (χ4v) is 3.04. The topological polar surface area (TPSA) is 44.4 Å². The maximum absolute atomic E-state index is 11.9. The van der Waals surface area contributed by atoms with Crippen molar-refractivity contribution < 1.29 is 4.79 Å². The van der Waals surface area contributed by atoms with Gasteiger partial charge in [0.05, 0.1) is 10.7 Å². The number of para-hydroxylation sites is 1. The second-order valence-electron chi connectivity index (χ2n) is 5.75. The lowest BCUT2D eigenvalue weighted by atomic mass is 10.0. The molecule has 2 N–H and O–H groups in total. The first kappa shape index (κ1) is 16.1. The van der Waals surface area contributed by atoms with E-state index < -0.39 is 0 Å². The van der Waals surface area contributed by atoms with Crippen LogP contribution in [-0.4, -0.2) is 36.1 Å². The molecule has 0 radical (unpaired) electrons. The van der Waals surface area contributed by atoms with Gasteiger partial charge < -0.3 is 10.6 Å². The van der Waals surface area contributed by atoms with Gasteiger partial charge in [-0.15, -0.1) is 0 Å². The average molecular weight is 310 g/mol. The first-order valence-electron chi connectivity index (χ1n) is 7.63. The minimum Gasteiger partial charge on any atom is -0.336 e. The van der Waals surface area contributed by atoms with Crippen LogP contribution in [0.5, 0.6) is 0 Å². The molecular weight excluding hydrogens is 286 g/mol. The standard InChI is InChI=1S/C16H24ClN3O/c1-12-7-5-6-10-20(12)13(2)11-18-16(21)19-15-9-4-3-8-14(15)17/h3-4,8-9,12-13H,5-7,10-11H2,1-2H3,(H2,18,19,21)/t12-,13-/m1/s1. The van der Waals surface area contributed by atoms with E-state index in [9.17, 15) is 4.79 Å². The first-order valence-corrected chi connectivity index (χ1v) is 8.01. The van der Waals surface area contributed by atoms with Crippen molar-refractivity contribution in [1.82, 2.24) is 10.2 Å². The maximum Gasteiger partial charge on any atom is 0.319 e. The molecule has 0 aromatic heterocycles. The van der Waals surface area contributed by atoms with Crippen molar-refractivity contribution in [3.8, 4) is 0 Å². The molecule has 1 saturated heterocycles. The maximum atomic E-state index is 11.9. The minimum atomic E-state index is -0.209. The third-order valence-electron chi connectivity index (χ3n) is 4.10. The molecule has 116 valence electrons. The van der Waals surface area contributed by atoms with E-state index in [-0.39, 0.29) is 6.03 Å². The summed E-state index contributed by atoms with van der Waals surface area (Å²) in [6, 6.07) is 7.97. The molecular formula is C16H24ClN3O. The van der Waals surface area contributed by atoms with E-state index in [2.05, 4.69) is 29.4 Å². The number of hydrogen-bond acceptors (Lipinski definition) is 2. The Morgan fingerprint density at radius 3 is 2.90 bits per heavy atom. The lowest BCUT2D eigenvalue weighted by Crippen LogP contribution is -2.49. The van der Waals surface area contributed by atoms with E-state index in [4.69, 9.17) is 11.6 Å². The number of anilines is 1. The van der Waals surface area contributed by atoms with Crippen molar-refractivity contribution in [2.75, 3.05) is 18.4 Å². The van der Waals surface area contributed by atoms with Gasteiger partial charge in [-0.3, -0.25) is 4.90 Å². The first-order chi connectivity index (χ1) is 10.1. The molecule has 1 aliphatic rings. The van der Waals surface area contributed by atoms with Crippen LogP contribution in [0.2, 0.25) is 5.02 Å². The summed E-state index contributed by atoms with van der Waals surface area (Å²) in [4.78, 5) is 14.4. The number of urea groups is 1. The molecule has 1 heterocycles. The Kier molecular flexibility index (Phi) is 5.88. The molecule has 2 rings (SSSR count). The summed E-state index contributed by atoms with van der Waals surface area (Å²) in [6.45, 7) is 6.19. The Labute approximate surface area is 131 Å². The average Bonchev–Trinajstić information content (AvgIpc) is 2.48. The highest BCUT2D eigenvalue weighted by Crippen LogP contribution is 2.20. The van der Waals surface area contributed by atoms with Crippen LogP contribution >= 0.6 is 11.6 Å². The lowest BCUT2D eigenvalue weighted by Gasteiger charge is -2.38. The van der Waals surface area contributed by atoms with Gasteiger partial charge in [-0.25, -0.2) is 4.79 Å². The molecule has 2 amide bonds. The van der Waals surface area contributed by atoms with Crippen LogP contribution in [0.3, 0.4) is 0 Å². The molecule has 1 aromatic carbocycles. The van der Waals surface area contributed by atoms with Gasteiger partial charge >= 0.3 is 6.03 Å².